The fourth-order valence-electron chi connectivity index (χ4n) is 3.02. The van der Waals surface area contributed by atoms with E-state index < -0.39 is 0 Å². The monoisotopic (exact) mass is 304 g/mol. The maximum absolute atomic E-state index is 11.5. The van der Waals surface area contributed by atoms with Crippen LogP contribution in [0.5, 0.6) is 0 Å². The molecule has 0 radical (unpaired) electrons. The lowest BCUT2D eigenvalue weighted by Gasteiger charge is -2.38. The molecule has 3 rings (SSSR count). The Balaban J connectivity index is 2.08. The molecule has 112 valence electrons. The fourth-order valence-corrected chi connectivity index (χ4v) is 4.01. The third-order valence-electron chi connectivity index (χ3n) is 4.50. The SMILES string of the molecule is Cc1sc2ncnc(N3C[C@H](C(N)=O)CC[C@@H]3C)c2c1C. The van der Waals surface area contributed by atoms with E-state index in [0.29, 0.717) is 12.6 Å². The van der Waals surface area contributed by atoms with E-state index in [4.69, 9.17) is 5.73 Å². The highest BCUT2D eigenvalue weighted by Crippen LogP contribution is 2.37. The molecule has 1 amide bonds. The van der Waals surface area contributed by atoms with Crippen LogP contribution >= 0.6 is 11.3 Å². The molecule has 1 aliphatic rings. The van der Waals surface area contributed by atoms with Gasteiger partial charge in [-0.1, -0.05) is 0 Å². The summed E-state index contributed by atoms with van der Waals surface area (Å²) in [4.78, 5) is 25.0. The van der Waals surface area contributed by atoms with E-state index in [0.717, 1.165) is 28.9 Å². The highest BCUT2D eigenvalue weighted by molar-refractivity contribution is 7.18. The summed E-state index contributed by atoms with van der Waals surface area (Å²) in [5, 5.41) is 1.12. The molecule has 1 fully saturated rings. The van der Waals surface area contributed by atoms with Gasteiger partial charge in [0, 0.05) is 17.5 Å². The van der Waals surface area contributed by atoms with Crippen LogP contribution in [-0.4, -0.2) is 28.5 Å². The van der Waals surface area contributed by atoms with E-state index in [2.05, 4.69) is 35.6 Å². The quantitative estimate of drug-likeness (QED) is 0.924. The molecule has 5 nitrogen and oxygen atoms in total. The first-order valence-corrected chi connectivity index (χ1v) is 8.07. The van der Waals surface area contributed by atoms with Crippen LogP contribution < -0.4 is 10.6 Å². The third-order valence-corrected chi connectivity index (χ3v) is 5.62. The molecule has 2 aromatic heterocycles. The molecule has 0 spiro atoms. The first-order valence-electron chi connectivity index (χ1n) is 7.25. The highest BCUT2D eigenvalue weighted by Gasteiger charge is 2.31. The van der Waals surface area contributed by atoms with E-state index in [-0.39, 0.29) is 11.8 Å². The normalized spacial score (nSPS) is 22.7. The number of carbonyl (C=O) groups is 1. The number of piperidine rings is 1. The van der Waals surface area contributed by atoms with Crippen molar-refractivity contribution in [2.75, 3.05) is 11.4 Å². The first-order chi connectivity index (χ1) is 9.99. The second-order valence-electron chi connectivity index (χ2n) is 5.84. The molecular formula is C15H20N4OS. The van der Waals surface area contributed by atoms with Crippen LogP contribution in [0.25, 0.3) is 10.2 Å². The third kappa shape index (κ3) is 2.37. The number of nitrogens with two attached hydrogens (primary N) is 1. The van der Waals surface area contributed by atoms with Gasteiger partial charge < -0.3 is 10.6 Å². The molecule has 2 aromatic rings. The molecule has 21 heavy (non-hydrogen) atoms. The number of hydrogen-bond acceptors (Lipinski definition) is 5. The lowest BCUT2D eigenvalue weighted by molar-refractivity contribution is -0.122. The van der Waals surface area contributed by atoms with Crippen molar-refractivity contribution in [1.82, 2.24) is 9.97 Å². The molecule has 2 N–H and O–H groups in total. The minimum absolute atomic E-state index is 0.0914. The Hall–Kier alpha value is -1.69. The Morgan fingerprint density at radius 2 is 2.14 bits per heavy atom. The maximum atomic E-state index is 11.5. The van der Waals surface area contributed by atoms with Crippen LogP contribution in [0.4, 0.5) is 5.82 Å². The van der Waals surface area contributed by atoms with Gasteiger partial charge >= 0.3 is 0 Å². The van der Waals surface area contributed by atoms with Crippen LogP contribution in [0.1, 0.15) is 30.2 Å². The second kappa shape index (κ2) is 5.26. The lowest BCUT2D eigenvalue weighted by atomic mass is 9.92. The molecule has 0 saturated carbocycles. The summed E-state index contributed by atoms with van der Waals surface area (Å²) < 4.78 is 0. The summed E-state index contributed by atoms with van der Waals surface area (Å²) in [6, 6.07) is 0.360. The van der Waals surface area contributed by atoms with Crippen molar-refractivity contribution in [2.24, 2.45) is 11.7 Å². The number of amides is 1. The van der Waals surface area contributed by atoms with Crippen molar-refractivity contribution < 1.29 is 4.79 Å². The van der Waals surface area contributed by atoms with Gasteiger partial charge in [-0.15, -0.1) is 11.3 Å². The summed E-state index contributed by atoms with van der Waals surface area (Å²) in [5.41, 5.74) is 6.74. The van der Waals surface area contributed by atoms with Crippen molar-refractivity contribution in [3.63, 3.8) is 0 Å². The number of anilines is 1. The number of aryl methyl sites for hydroxylation is 2. The summed E-state index contributed by atoms with van der Waals surface area (Å²) in [7, 11) is 0. The average Bonchev–Trinajstić information content (AvgIpc) is 2.74. The average molecular weight is 304 g/mol. The largest absolute Gasteiger partial charge is 0.369 e. The van der Waals surface area contributed by atoms with Gasteiger partial charge in [-0.05, 0) is 39.2 Å². The molecule has 3 heterocycles. The van der Waals surface area contributed by atoms with Gasteiger partial charge in [0.15, 0.2) is 0 Å². The molecule has 0 bridgehead atoms. The topological polar surface area (TPSA) is 72.1 Å². The van der Waals surface area contributed by atoms with Crippen molar-refractivity contribution >= 4 is 33.3 Å². The number of hydrogen-bond donors (Lipinski definition) is 1. The minimum atomic E-state index is -0.213. The minimum Gasteiger partial charge on any atom is -0.369 e. The van der Waals surface area contributed by atoms with Gasteiger partial charge in [0.1, 0.15) is 17.0 Å². The molecule has 1 saturated heterocycles. The summed E-state index contributed by atoms with van der Waals surface area (Å²) >= 11 is 1.70. The first kappa shape index (κ1) is 14.3. The smallest absolute Gasteiger partial charge is 0.222 e. The Labute approximate surface area is 128 Å². The molecule has 0 unspecified atom stereocenters. The van der Waals surface area contributed by atoms with Gasteiger partial charge in [-0.2, -0.15) is 0 Å². The zero-order chi connectivity index (χ0) is 15.1. The van der Waals surface area contributed by atoms with E-state index >= 15 is 0 Å². The van der Waals surface area contributed by atoms with Gasteiger partial charge in [-0.25, -0.2) is 9.97 Å². The molecular weight excluding hydrogens is 284 g/mol. The van der Waals surface area contributed by atoms with E-state index in [1.165, 1.54) is 10.4 Å². The second-order valence-corrected chi connectivity index (χ2v) is 7.04. The number of nitrogens with zero attached hydrogens (tertiary/aromatic N) is 3. The number of thiophene rings is 1. The summed E-state index contributed by atoms with van der Waals surface area (Å²) in [6.45, 7) is 7.05. The Morgan fingerprint density at radius 3 is 2.86 bits per heavy atom. The Bertz CT molecular complexity index is 696. The number of rotatable bonds is 2. The molecule has 0 aliphatic carbocycles. The fraction of sp³-hybridized carbons (Fsp3) is 0.533. The van der Waals surface area contributed by atoms with Crippen LogP contribution in [-0.2, 0) is 4.79 Å². The lowest BCUT2D eigenvalue weighted by Crippen LogP contribution is -2.46. The maximum Gasteiger partial charge on any atom is 0.222 e. The van der Waals surface area contributed by atoms with Crippen molar-refractivity contribution in [2.45, 2.75) is 39.7 Å². The number of primary amides is 1. The standard InChI is InChI=1S/C15H20N4OS/c1-8-4-5-11(13(16)20)6-19(8)14-12-9(2)10(3)21-15(12)18-7-17-14/h7-8,11H,4-6H2,1-3H3,(H2,16,20)/t8-,11+/m0/s1. The Kier molecular flexibility index (Phi) is 3.57. The predicted molar refractivity (Wildman–Crippen MR) is 85.6 cm³/mol. The van der Waals surface area contributed by atoms with E-state index in [1.807, 2.05) is 0 Å². The van der Waals surface area contributed by atoms with Gasteiger partial charge in [0.25, 0.3) is 0 Å². The highest BCUT2D eigenvalue weighted by atomic mass is 32.1. The predicted octanol–water partition coefficient (Wildman–Crippen LogP) is 2.40. The van der Waals surface area contributed by atoms with Crippen molar-refractivity contribution in [3.8, 4) is 0 Å². The zero-order valence-corrected chi connectivity index (χ0v) is 13.4. The molecule has 2 atom stereocenters. The van der Waals surface area contributed by atoms with E-state index in [1.54, 1.807) is 17.7 Å². The van der Waals surface area contributed by atoms with Crippen LogP contribution in [0.2, 0.25) is 0 Å². The van der Waals surface area contributed by atoms with Crippen LogP contribution in [0.15, 0.2) is 6.33 Å². The van der Waals surface area contributed by atoms with Crippen molar-refractivity contribution in [1.29, 1.82) is 0 Å². The molecule has 0 aromatic carbocycles. The van der Waals surface area contributed by atoms with Crippen LogP contribution in [0.3, 0.4) is 0 Å². The van der Waals surface area contributed by atoms with Gasteiger partial charge in [0.05, 0.1) is 11.3 Å². The summed E-state index contributed by atoms with van der Waals surface area (Å²) in [6.07, 6.45) is 3.44. The van der Waals surface area contributed by atoms with Crippen molar-refractivity contribution in [3.05, 3.63) is 16.8 Å². The zero-order valence-electron chi connectivity index (χ0n) is 12.6. The van der Waals surface area contributed by atoms with Gasteiger partial charge in [-0.3, -0.25) is 4.79 Å². The molecule has 1 aliphatic heterocycles. The van der Waals surface area contributed by atoms with E-state index in [9.17, 15) is 4.79 Å². The summed E-state index contributed by atoms with van der Waals surface area (Å²) in [5.74, 6) is 0.641. The Morgan fingerprint density at radius 1 is 1.38 bits per heavy atom. The number of fused-ring (bicyclic) bond motifs is 1. The van der Waals surface area contributed by atoms with Gasteiger partial charge in [0.2, 0.25) is 5.91 Å². The van der Waals surface area contributed by atoms with Crippen LogP contribution in [0, 0.1) is 19.8 Å². The number of aromatic nitrogens is 2. The molecule has 6 heteroatoms. The number of carbonyl (C=O) groups excluding carboxylic acids is 1.